The molecular weight excluding hydrogens is 326 g/mol. The van der Waals surface area contributed by atoms with E-state index in [9.17, 15) is 19.7 Å². The Labute approximate surface area is 145 Å². The van der Waals surface area contributed by atoms with Crippen LogP contribution in [0.2, 0.25) is 0 Å². The first kappa shape index (κ1) is 17.2. The van der Waals surface area contributed by atoms with Gasteiger partial charge in [0.05, 0.1) is 18.0 Å². The molecule has 1 saturated carbocycles. The molecule has 1 aliphatic carbocycles. The lowest BCUT2D eigenvalue weighted by molar-refractivity contribution is -0.385. The number of hydrogen-bond acceptors (Lipinski definition) is 5. The summed E-state index contributed by atoms with van der Waals surface area (Å²) in [4.78, 5) is 37.1. The van der Waals surface area contributed by atoms with Crippen LogP contribution in [0.15, 0.2) is 18.2 Å². The maximum Gasteiger partial charge on any atom is 0.311 e. The highest BCUT2D eigenvalue weighted by Crippen LogP contribution is 2.29. The predicted octanol–water partition coefficient (Wildman–Crippen LogP) is 1.73. The van der Waals surface area contributed by atoms with Crippen molar-refractivity contribution in [1.29, 1.82) is 0 Å². The lowest BCUT2D eigenvalue weighted by atomic mass is 9.96. The van der Waals surface area contributed by atoms with Gasteiger partial charge in [0.2, 0.25) is 5.91 Å². The van der Waals surface area contributed by atoms with Crippen molar-refractivity contribution in [2.45, 2.75) is 31.7 Å². The fourth-order valence-corrected chi connectivity index (χ4v) is 3.07. The van der Waals surface area contributed by atoms with E-state index in [-0.39, 0.29) is 34.7 Å². The molecule has 0 aromatic heterocycles. The SMILES string of the molecule is COc1ccc(C(=O)N2CCCC(C(=O)NC3CC3)C2)cc1[N+](=O)[O-]. The summed E-state index contributed by atoms with van der Waals surface area (Å²) in [5.74, 6) is -0.399. The molecule has 1 saturated heterocycles. The highest BCUT2D eigenvalue weighted by atomic mass is 16.6. The third kappa shape index (κ3) is 3.89. The van der Waals surface area contributed by atoms with Crippen LogP contribution in [0.3, 0.4) is 0 Å². The summed E-state index contributed by atoms with van der Waals surface area (Å²) < 4.78 is 4.96. The van der Waals surface area contributed by atoms with Crippen LogP contribution < -0.4 is 10.1 Å². The molecule has 1 unspecified atom stereocenters. The highest BCUT2D eigenvalue weighted by molar-refractivity contribution is 5.95. The van der Waals surface area contributed by atoms with Gasteiger partial charge in [-0.3, -0.25) is 19.7 Å². The van der Waals surface area contributed by atoms with E-state index in [4.69, 9.17) is 4.74 Å². The van der Waals surface area contributed by atoms with Crippen LogP contribution in [-0.4, -0.2) is 47.9 Å². The van der Waals surface area contributed by atoms with Crippen molar-refractivity contribution in [3.8, 4) is 5.75 Å². The Morgan fingerprint density at radius 2 is 2.08 bits per heavy atom. The average molecular weight is 347 g/mol. The van der Waals surface area contributed by atoms with Gasteiger partial charge in [-0.2, -0.15) is 0 Å². The van der Waals surface area contributed by atoms with E-state index in [1.54, 1.807) is 4.90 Å². The van der Waals surface area contributed by atoms with Gasteiger partial charge in [-0.05, 0) is 37.8 Å². The van der Waals surface area contributed by atoms with E-state index in [0.717, 1.165) is 25.7 Å². The number of rotatable bonds is 5. The number of benzene rings is 1. The number of ether oxygens (including phenoxy) is 1. The number of nitro benzene ring substituents is 1. The summed E-state index contributed by atoms with van der Waals surface area (Å²) in [6.45, 7) is 0.892. The van der Waals surface area contributed by atoms with Crippen LogP contribution in [-0.2, 0) is 4.79 Å². The van der Waals surface area contributed by atoms with Gasteiger partial charge in [0.1, 0.15) is 0 Å². The minimum absolute atomic E-state index is 0.000659. The summed E-state index contributed by atoms with van der Waals surface area (Å²) in [5, 5.41) is 14.1. The molecule has 2 amide bonds. The molecule has 1 N–H and O–H groups in total. The van der Waals surface area contributed by atoms with Gasteiger partial charge in [0.15, 0.2) is 5.75 Å². The third-order valence-electron chi connectivity index (χ3n) is 4.63. The summed E-state index contributed by atoms with van der Waals surface area (Å²) in [7, 11) is 1.34. The first-order valence-corrected chi connectivity index (χ1v) is 8.41. The number of likely N-dealkylation sites (tertiary alicyclic amines) is 1. The molecule has 1 aromatic carbocycles. The summed E-state index contributed by atoms with van der Waals surface area (Å²) in [6.07, 6.45) is 3.55. The number of nitro groups is 1. The highest BCUT2D eigenvalue weighted by Gasteiger charge is 2.32. The topological polar surface area (TPSA) is 102 Å². The Balaban J connectivity index is 1.72. The van der Waals surface area contributed by atoms with Gasteiger partial charge < -0.3 is 15.0 Å². The van der Waals surface area contributed by atoms with E-state index in [2.05, 4.69) is 5.32 Å². The second-order valence-electron chi connectivity index (χ2n) is 6.52. The molecule has 1 aromatic rings. The van der Waals surface area contributed by atoms with Gasteiger partial charge in [-0.15, -0.1) is 0 Å². The Hall–Kier alpha value is -2.64. The summed E-state index contributed by atoms with van der Waals surface area (Å²) >= 11 is 0. The molecule has 1 atom stereocenters. The molecule has 2 aliphatic rings. The molecule has 1 aliphatic heterocycles. The number of nitrogens with one attached hydrogen (secondary N) is 1. The van der Waals surface area contributed by atoms with Crippen molar-refractivity contribution in [3.63, 3.8) is 0 Å². The molecule has 8 nitrogen and oxygen atoms in total. The van der Waals surface area contributed by atoms with Crippen LogP contribution in [0.1, 0.15) is 36.0 Å². The quantitative estimate of drug-likeness (QED) is 0.646. The van der Waals surface area contributed by atoms with Crippen LogP contribution in [0.25, 0.3) is 0 Å². The van der Waals surface area contributed by atoms with E-state index >= 15 is 0 Å². The standard InChI is InChI=1S/C17H21N3O5/c1-25-15-7-4-11(9-14(15)20(23)24)17(22)19-8-2-3-12(10-19)16(21)18-13-5-6-13/h4,7,9,12-13H,2-3,5-6,8,10H2,1H3,(H,18,21). The molecule has 3 rings (SSSR count). The molecule has 8 heteroatoms. The number of piperidine rings is 1. The van der Waals surface area contributed by atoms with E-state index in [1.807, 2.05) is 0 Å². The normalized spacial score (nSPS) is 20.0. The van der Waals surface area contributed by atoms with Crippen molar-refractivity contribution >= 4 is 17.5 Å². The largest absolute Gasteiger partial charge is 0.490 e. The Kier molecular flexibility index (Phi) is 4.87. The second kappa shape index (κ2) is 7.08. The van der Waals surface area contributed by atoms with Crippen LogP contribution in [0.5, 0.6) is 5.75 Å². The first-order chi connectivity index (χ1) is 12.0. The van der Waals surface area contributed by atoms with Gasteiger partial charge in [0, 0.05) is 30.8 Å². The smallest absolute Gasteiger partial charge is 0.311 e. The van der Waals surface area contributed by atoms with E-state index in [0.29, 0.717) is 19.1 Å². The van der Waals surface area contributed by atoms with Gasteiger partial charge in [0.25, 0.3) is 5.91 Å². The van der Waals surface area contributed by atoms with Crippen molar-refractivity contribution < 1.29 is 19.2 Å². The van der Waals surface area contributed by atoms with Crippen LogP contribution in [0, 0.1) is 16.0 Å². The molecule has 1 heterocycles. The zero-order valence-electron chi connectivity index (χ0n) is 14.1. The van der Waals surface area contributed by atoms with Crippen molar-refractivity contribution in [2.24, 2.45) is 5.92 Å². The summed E-state index contributed by atoms with van der Waals surface area (Å²) in [5.41, 5.74) is -0.0101. The average Bonchev–Trinajstić information content (AvgIpc) is 3.44. The van der Waals surface area contributed by atoms with Gasteiger partial charge >= 0.3 is 5.69 Å². The molecule has 0 radical (unpaired) electrons. The fourth-order valence-electron chi connectivity index (χ4n) is 3.07. The number of hydrogen-bond donors (Lipinski definition) is 1. The Morgan fingerprint density at radius 1 is 1.32 bits per heavy atom. The van der Waals surface area contributed by atoms with E-state index in [1.165, 1.54) is 25.3 Å². The number of amides is 2. The fraction of sp³-hybridized carbons (Fsp3) is 0.529. The molecule has 134 valence electrons. The van der Waals surface area contributed by atoms with Crippen molar-refractivity contribution in [2.75, 3.05) is 20.2 Å². The lowest BCUT2D eigenvalue weighted by Crippen LogP contribution is -2.45. The van der Waals surface area contributed by atoms with E-state index < -0.39 is 4.92 Å². The van der Waals surface area contributed by atoms with Crippen LogP contribution >= 0.6 is 0 Å². The lowest BCUT2D eigenvalue weighted by Gasteiger charge is -2.32. The molecule has 0 bridgehead atoms. The Morgan fingerprint density at radius 3 is 2.72 bits per heavy atom. The Bertz CT molecular complexity index is 702. The maximum absolute atomic E-state index is 12.7. The molecule has 0 spiro atoms. The zero-order valence-corrected chi connectivity index (χ0v) is 14.1. The first-order valence-electron chi connectivity index (χ1n) is 8.41. The van der Waals surface area contributed by atoms with Crippen LogP contribution in [0.4, 0.5) is 5.69 Å². The molecular formula is C17H21N3O5. The third-order valence-corrected chi connectivity index (χ3v) is 4.63. The number of carbonyl (C=O) groups excluding carboxylic acids is 2. The second-order valence-corrected chi connectivity index (χ2v) is 6.52. The number of methoxy groups -OCH3 is 1. The zero-order chi connectivity index (χ0) is 18.0. The van der Waals surface area contributed by atoms with Gasteiger partial charge in [-0.1, -0.05) is 0 Å². The summed E-state index contributed by atoms with van der Waals surface area (Å²) in [6, 6.07) is 4.46. The molecule has 2 fully saturated rings. The minimum Gasteiger partial charge on any atom is -0.490 e. The van der Waals surface area contributed by atoms with Crippen molar-refractivity contribution in [1.82, 2.24) is 10.2 Å². The predicted molar refractivity (Wildman–Crippen MR) is 89.4 cm³/mol. The number of carbonyl (C=O) groups is 2. The number of nitrogens with zero attached hydrogens (tertiary/aromatic N) is 2. The monoisotopic (exact) mass is 347 g/mol. The van der Waals surface area contributed by atoms with Gasteiger partial charge in [-0.25, -0.2) is 0 Å². The van der Waals surface area contributed by atoms with Crippen molar-refractivity contribution in [3.05, 3.63) is 33.9 Å². The maximum atomic E-state index is 12.7. The minimum atomic E-state index is -0.572. The molecule has 25 heavy (non-hydrogen) atoms.